The van der Waals surface area contributed by atoms with Crippen LogP contribution < -0.4 is 10.6 Å². The number of nitrogens with one attached hydrogen (secondary N) is 2. The van der Waals surface area contributed by atoms with E-state index in [-0.39, 0.29) is 5.91 Å². The number of fused-ring (bicyclic) bond motifs is 2. The maximum Gasteiger partial charge on any atom is 0.224 e. The van der Waals surface area contributed by atoms with Gasteiger partial charge in [-0.1, -0.05) is 24.3 Å². The molecule has 1 amide bonds. The highest BCUT2D eigenvalue weighted by Gasteiger charge is 2.35. The zero-order valence-electron chi connectivity index (χ0n) is 11.9. The van der Waals surface area contributed by atoms with Crippen molar-refractivity contribution in [3.63, 3.8) is 0 Å². The topological polar surface area (TPSA) is 41.1 Å². The van der Waals surface area contributed by atoms with Crippen LogP contribution in [0.2, 0.25) is 0 Å². The number of hydrogen-bond acceptors (Lipinski definition) is 2. The van der Waals surface area contributed by atoms with Gasteiger partial charge in [-0.2, -0.15) is 0 Å². The number of anilines is 1. The predicted octanol–water partition coefficient (Wildman–Crippen LogP) is 2.60. The monoisotopic (exact) mass is 270 g/mol. The molecule has 2 aliphatic rings. The minimum Gasteiger partial charge on any atom is -0.385 e. The first-order valence-electron chi connectivity index (χ1n) is 7.46. The van der Waals surface area contributed by atoms with E-state index in [0.29, 0.717) is 6.42 Å². The molecule has 3 nitrogen and oxygen atoms in total. The molecule has 0 aromatic heterocycles. The van der Waals surface area contributed by atoms with Gasteiger partial charge in [0.05, 0.1) is 6.42 Å². The summed E-state index contributed by atoms with van der Waals surface area (Å²) in [5.74, 6) is 2.47. The molecule has 0 radical (unpaired) electrons. The summed E-state index contributed by atoms with van der Waals surface area (Å²) in [6.45, 7) is 1.06. The van der Waals surface area contributed by atoms with Crippen LogP contribution in [0.5, 0.6) is 0 Å². The van der Waals surface area contributed by atoms with Gasteiger partial charge in [0.25, 0.3) is 0 Å². The Morgan fingerprint density at radius 1 is 1.20 bits per heavy atom. The Hall–Kier alpha value is -1.77. The molecule has 3 heteroatoms. The van der Waals surface area contributed by atoms with E-state index in [1.54, 1.807) is 7.05 Å². The van der Waals surface area contributed by atoms with Crippen LogP contribution >= 0.6 is 0 Å². The Morgan fingerprint density at radius 2 is 2.00 bits per heavy atom. The molecule has 0 saturated heterocycles. The SMILES string of the molecule is CNC(=O)Cc1ccc(NCC2CC3C=CC2C3)cc1. The highest BCUT2D eigenvalue weighted by atomic mass is 16.1. The minimum atomic E-state index is 0.0551. The molecule has 20 heavy (non-hydrogen) atoms. The molecule has 1 aromatic carbocycles. The largest absolute Gasteiger partial charge is 0.385 e. The highest BCUT2D eigenvalue weighted by Crippen LogP contribution is 2.43. The highest BCUT2D eigenvalue weighted by molar-refractivity contribution is 5.78. The quantitative estimate of drug-likeness (QED) is 0.808. The third kappa shape index (κ3) is 2.87. The number of allylic oxidation sites excluding steroid dienone is 2. The van der Waals surface area contributed by atoms with Gasteiger partial charge >= 0.3 is 0 Å². The summed E-state index contributed by atoms with van der Waals surface area (Å²) < 4.78 is 0. The van der Waals surface area contributed by atoms with Crippen molar-refractivity contribution in [2.45, 2.75) is 19.3 Å². The lowest BCUT2D eigenvalue weighted by Gasteiger charge is -2.19. The standard InChI is InChI=1S/C17H22N2O/c1-18-17(20)10-12-3-6-16(7-4-12)19-11-15-9-13-2-5-14(15)8-13/h2-7,13-15,19H,8-11H2,1H3,(H,18,20). The molecular formula is C17H22N2O. The van der Waals surface area contributed by atoms with Gasteiger partial charge in [-0.3, -0.25) is 4.79 Å². The number of hydrogen-bond donors (Lipinski definition) is 2. The summed E-state index contributed by atoms with van der Waals surface area (Å²) in [7, 11) is 1.67. The normalized spacial score (nSPS) is 26.8. The van der Waals surface area contributed by atoms with E-state index < -0.39 is 0 Å². The van der Waals surface area contributed by atoms with Crippen LogP contribution in [0.1, 0.15) is 18.4 Å². The van der Waals surface area contributed by atoms with Gasteiger partial charge in [0.2, 0.25) is 5.91 Å². The fraction of sp³-hybridized carbons (Fsp3) is 0.471. The predicted molar refractivity (Wildman–Crippen MR) is 81.5 cm³/mol. The van der Waals surface area contributed by atoms with Crippen LogP contribution in [0, 0.1) is 17.8 Å². The lowest BCUT2D eigenvalue weighted by molar-refractivity contribution is -0.119. The van der Waals surface area contributed by atoms with Crippen molar-refractivity contribution in [3.05, 3.63) is 42.0 Å². The lowest BCUT2D eigenvalue weighted by Crippen LogP contribution is -2.20. The Labute approximate surface area is 120 Å². The van der Waals surface area contributed by atoms with E-state index in [2.05, 4.69) is 34.9 Å². The van der Waals surface area contributed by atoms with E-state index in [4.69, 9.17) is 0 Å². The van der Waals surface area contributed by atoms with Crippen LogP contribution in [0.3, 0.4) is 0 Å². The average Bonchev–Trinajstić information content (AvgIpc) is 3.09. The second kappa shape index (κ2) is 5.70. The molecule has 0 aliphatic heterocycles. The smallest absolute Gasteiger partial charge is 0.224 e. The van der Waals surface area contributed by atoms with Crippen molar-refractivity contribution in [1.82, 2.24) is 5.32 Å². The lowest BCUT2D eigenvalue weighted by atomic mass is 9.93. The maximum absolute atomic E-state index is 11.3. The molecule has 1 fully saturated rings. The van der Waals surface area contributed by atoms with Gasteiger partial charge in [-0.05, 0) is 48.3 Å². The summed E-state index contributed by atoms with van der Waals surface area (Å²) >= 11 is 0. The first-order chi connectivity index (χ1) is 9.74. The molecule has 1 saturated carbocycles. The first kappa shape index (κ1) is 13.2. The summed E-state index contributed by atoms with van der Waals surface area (Å²) in [5, 5.41) is 6.18. The van der Waals surface area contributed by atoms with Gasteiger partial charge in [0.15, 0.2) is 0 Å². The molecule has 106 valence electrons. The van der Waals surface area contributed by atoms with Crippen molar-refractivity contribution in [3.8, 4) is 0 Å². The van der Waals surface area contributed by atoms with E-state index in [0.717, 1.165) is 35.5 Å². The molecular weight excluding hydrogens is 248 g/mol. The van der Waals surface area contributed by atoms with Crippen LogP contribution in [0.25, 0.3) is 0 Å². The summed E-state index contributed by atoms with van der Waals surface area (Å²) in [6.07, 6.45) is 7.93. The van der Waals surface area contributed by atoms with Gasteiger partial charge in [0, 0.05) is 19.3 Å². The van der Waals surface area contributed by atoms with E-state index in [1.165, 1.54) is 12.8 Å². The van der Waals surface area contributed by atoms with Crippen molar-refractivity contribution in [2.24, 2.45) is 17.8 Å². The molecule has 0 spiro atoms. The van der Waals surface area contributed by atoms with E-state index >= 15 is 0 Å². The number of rotatable bonds is 5. The fourth-order valence-corrected chi connectivity index (χ4v) is 3.39. The number of likely N-dealkylation sites (N-methyl/N-ethyl adjacent to an activating group) is 1. The Morgan fingerprint density at radius 3 is 2.60 bits per heavy atom. The molecule has 0 heterocycles. The zero-order chi connectivity index (χ0) is 13.9. The summed E-state index contributed by atoms with van der Waals surface area (Å²) in [6, 6.07) is 8.19. The van der Waals surface area contributed by atoms with E-state index in [1.807, 2.05) is 12.1 Å². The van der Waals surface area contributed by atoms with Gasteiger partial charge in [0.1, 0.15) is 0 Å². The summed E-state index contributed by atoms with van der Waals surface area (Å²) in [5.41, 5.74) is 2.20. The van der Waals surface area contributed by atoms with Crippen LogP contribution in [-0.2, 0) is 11.2 Å². The maximum atomic E-state index is 11.3. The van der Waals surface area contributed by atoms with Crippen molar-refractivity contribution in [1.29, 1.82) is 0 Å². The Balaban J connectivity index is 1.51. The molecule has 1 aromatic rings. The third-order valence-corrected chi connectivity index (χ3v) is 4.58. The second-order valence-corrected chi connectivity index (χ2v) is 5.97. The zero-order valence-corrected chi connectivity index (χ0v) is 11.9. The minimum absolute atomic E-state index is 0.0551. The number of carbonyl (C=O) groups is 1. The molecule has 2 N–H and O–H groups in total. The first-order valence-corrected chi connectivity index (χ1v) is 7.46. The van der Waals surface area contributed by atoms with Crippen LogP contribution in [0.15, 0.2) is 36.4 Å². The Kier molecular flexibility index (Phi) is 3.77. The molecule has 2 aliphatic carbocycles. The van der Waals surface area contributed by atoms with Crippen LogP contribution in [-0.4, -0.2) is 19.5 Å². The fourth-order valence-electron chi connectivity index (χ4n) is 3.39. The molecule has 3 rings (SSSR count). The van der Waals surface area contributed by atoms with Crippen molar-refractivity contribution < 1.29 is 4.79 Å². The molecule has 3 unspecified atom stereocenters. The molecule has 2 bridgehead atoms. The van der Waals surface area contributed by atoms with Crippen molar-refractivity contribution >= 4 is 11.6 Å². The van der Waals surface area contributed by atoms with Crippen molar-refractivity contribution in [2.75, 3.05) is 18.9 Å². The number of benzene rings is 1. The van der Waals surface area contributed by atoms with Gasteiger partial charge < -0.3 is 10.6 Å². The summed E-state index contributed by atoms with van der Waals surface area (Å²) in [4.78, 5) is 11.3. The second-order valence-electron chi connectivity index (χ2n) is 5.97. The average molecular weight is 270 g/mol. The molecule has 3 atom stereocenters. The number of carbonyl (C=O) groups excluding carboxylic acids is 1. The van der Waals surface area contributed by atoms with Gasteiger partial charge in [-0.15, -0.1) is 0 Å². The Bertz CT molecular complexity index is 506. The van der Waals surface area contributed by atoms with E-state index in [9.17, 15) is 4.79 Å². The number of amides is 1. The van der Waals surface area contributed by atoms with Gasteiger partial charge in [-0.25, -0.2) is 0 Å². The van der Waals surface area contributed by atoms with Crippen LogP contribution in [0.4, 0.5) is 5.69 Å². The third-order valence-electron chi connectivity index (χ3n) is 4.58.